The average molecular weight is 314 g/mol. The summed E-state index contributed by atoms with van der Waals surface area (Å²) in [5.74, 6) is -0.144. The highest BCUT2D eigenvalue weighted by Crippen LogP contribution is 2.19. The van der Waals surface area contributed by atoms with Gasteiger partial charge in [0.1, 0.15) is 0 Å². The van der Waals surface area contributed by atoms with Crippen molar-refractivity contribution < 1.29 is 4.79 Å². The molecule has 0 radical (unpaired) electrons. The summed E-state index contributed by atoms with van der Waals surface area (Å²) in [6, 6.07) is 7.02. The Morgan fingerprint density at radius 1 is 1.41 bits per heavy atom. The predicted molar refractivity (Wildman–Crippen MR) is 71.1 cm³/mol. The van der Waals surface area contributed by atoms with Gasteiger partial charge in [0.05, 0.1) is 0 Å². The molecule has 17 heavy (non-hydrogen) atoms. The minimum atomic E-state index is -0.144. The normalized spacial score (nSPS) is 10.2. The third-order valence-electron chi connectivity index (χ3n) is 2.24. The fourth-order valence-electron chi connectivity index (χ4n) is 1.44. The van der Waals surface area contributed by atoms with E-state index in [1.807, 2.05) is 18.5 Å². The summed E-state index contributed by atoms with van der Waals surface area (Å²) in [5, 5.41) is 3.35. The lowest BCUT2D eigenvalue weighted by Crippen LogP contribution is -2.22. The molecule has 1 aromatic heterocycles. The summed E-state index contributed by atoms with van der Waals surface area (Å²) >= 11 is 9.18. The molecule has 0 fully saturated rings. The second kappa shape index (κ2) is 5.38. The van der Waals surface area contributed by atoms with Crippen LogP contribution in [0.1, 0.15) is 15.9 Å². The lowest BCUT2D eigenvalue weighted by atomic mass is 10.2. The van der Waals surface area contributed by atoms with Crippen LogP contribution in [-0.2, 0) is 6.54 Å². The Labute approximate surface area is 112 Å². The second-order valence-electron chi connectivity index (χ2n) is 3.56. The molecule has 2 rings (SSSR count). The molecule has 1 amide bonds. The van der Waals surface area contributed by atoms with Crippen LogP contribution in [0, 0.1) is 0 Å². The van der Waals surface area contributed by atoms with Crippen molar-refractivity contribution in [3.8, 4) is 0 Å². The number of nitrogens with one attached hydrogen (secondary N) is 2. The first kappa shape index (κ1) is 12.2. The van der Waals surface area contributed by atoms with E-state index in [0.29, 0.717) is 17.1 Å². The van der Waals surface area contributed by atoms with Gasteiger partial charge in [-0.2, -0.15) is 0 Å². The molecule has 0 atom stereocenters. The van der Waals surface area contributed by atoms with Crippen LogP contribution in [0.3, 0.4) is 0 Å². The molecule has 1 aromatic carbocycles. The minimum Gasteiger partial charge on any atom is -0.367 e. The van der Waals surface area contributed by atoms with E-state index >= 15 is 0 Å². The number of benzene rings is 1. The van der Waals surface area contributed by atoms with E-state index in [1.54, 1.807) is 18.2 Å². The number of aromatic amines is 1. The molecule has 0 unspecified atom stereocenters. The van der Waals surface area contributed by atoms with E-state index < -0.39 is 0 Å². The first-order chi connectivity index (χ1) is 8.15. The number of halogens is 2. The molecule has 0 spiro atoms. The van der Waals surface area contributed by atoms with Crippen molar-refractivity contribution in [3.63, 3.8) is 0 Å². The summed E-state index contributed by atoms with van der Waals surface area (Å²) in [5.41, 5.74) is 1.57. The topological polar surface area (TPSA) is 44.9 Å². The Balaban J connectivity index is 2.04. The molecule has 5 heteroatoms. The molecule has 0 bridgehead atoms. The highest BCUT2D eigenvalue weighted by Gasteiger charge is 2.07. The number of amides is 1. The van der Waals surface area contributed by atoms with E-state index in [2.05, 4.69) is 26.2 Å². The van der Waals surface area contributed by atoms with Gasteiger partial charge in [-0.25, -0.2) is 0 Å². The zero-order valence-electron chi connectivity index (χ0n) is 8.84. The van der Waals surface area contributed by atoms with Crippen LogP contribution in [0.5, 0.6) is 0 Å². The van der Waals surface area contributed by atoms with Gasteiger partial charge in [-0.05, 0) is 29.8 Å². The third-order valence-corrected chi connectivity index (χ3v) is 2.92. The van der Waals surface area contributed by atoms with E-state index in [4.69, 9.17) is 11.6 Å². The van der Waals surface area contributed by atoms with Crippen LogP contribution in [-0.4, -0.2) is 10.9 Å². The maximum atomic E-state index is 11.8. The smallest absolute Gasteiger partial charge is 0.251 e. The Bertz CT molecular complexity index is 505. The molecule has 0 saturated heterocycles. The quantitative estimate of drug-likeness (QED) is 0.896. The Hall–Kier alpha value is -1.26. The van der Waals surface area contributed by atoms with Gasteiger partial charge in [-0.15, -0.1) is 0 Å². The highest BCUT2D eigenvalue weighted by atomic mass is 79.9. The van der Waals surface area contributed by atoms with Gasteiger partial charge >= 0.3 is 0 Å². The Morgan fingerprint density at radius 2 is 2.24 bits per heavy atom. The first-order valence-electron chi connectivity index (χ1n) is 5.01. The summed E-state index contributed by atoms with van der Waals surface area (Å²) < 4.78 is 0.789. The zero-order chi connectivity index (χ0) is 12.3. The van der Waals surface area contributed by atoms with E-state index in [1.165, 1.54) is 0 Å². The number of hydrogen-bond acceptors (Lipinski definition) is 1. The number of carbonyl (C=O) groups is 1. The monoisotopic (exact) mass is 312 g/mol. The van der Waals surface area contributed by atoms with E-state index in [-0.39, 0.29) is 5.91 Å². The largest absolute Gasteiger partial charge is 0.367 e. The number of rotatable bonds is 3. The minimum absolute atomic E-state index is 0.144. The lowest BCUT2D eigenvalue weighted by molar-refractivity contribution is 0.0951. The maximum absolute atomic E-state index is 11.8. The molecular formula is C12H10BrClN2O. The molecule has 2 N–H and O–H groups in total. The van der Waals surface area contributed by atoms with Crippen LogP contribution in [0.15, 0.2) is 41.1 Å². The van der Waals surface area contributed by atoms with Crippen molar-refractivity contribution in [2.75, 3.05) is 0 Å². The molecule has 0 aliphatic heterocycles. The fraction of sp³-hybridized carbons (Fsp3) is 0.0833. The number of carbonyl (C=O) groups excluding carboxylic acids is 1. The number of H-pyrrole nitrogens is 1. The van der Waals surface area contributed by atoms with Crippen LogP contribution in [0.25, 0.3) is 0 Å². The number of aromatic nitrogens is 1. The predicted octanol–water partition coefficient (Wildman–Crippen LogP) is 3.36. The molecule has 0 saturated carbocycles. The summed E-state index contributed by atoms with van der Waals surface area (Å²) in [6.07, 6.45) is 3.66. The van der Waals surface area contributed by atoms with Crippen LogP contribution >= 0.6 is 27.5 Å². The SMILES string of the molecule is O=C(NCc1cc[nH]c1)c1cc(Cl)cc(Br)c1. The maximum Gasteiger partial charge on any atom is 0.251 e. The molecule has 0 aliphatic carbocycles. The van der Waals surface area contributed by atoms with Crippen molar-refractivity contribution in [1.29, 1.82) is 0 Å². The molecular weight excluding hydrogens is 304 g/mol. The molecule has 1 heterocycles. The standard InChI is InChI=1S/C12H10BrClN2O/c13-10-3-9(4-11(14)5-10)12(17)16-7-8-1-2-15-6-8/h1-6,15H,7H2,(H,16,17). The van der Waals surface area contributed by atoms with Crippen molar-refractivity contribution >= 4 is 33.4 Å². The van der Waals surface area contributed by atoms with Gasteiger partial charge in [-0.3, -0.25) is 4.79 Å². The fourth-order valence-corrected chi connectivity index (χ4v) is 2.30. The van der Waals surface area contributed by atoms with Gasteiger partial charge in [0.25, 0.3) is 5.91 Å². The van der Waals surface area contributed by atoms with E-state index in [9.17, 15) is 4.79 Å². The third kappa shape index (κ3) is 3.35. The average Bonchev–Trinajstić information content (AvgIpc) is 2.77. The molecule has 0 aliphatic rings. The lowest BCUT2D eigenvalue weighted by Gasteiger charge is -2.05. The Morgan fingerprint density at radius 3 is 2.88 bits per heavy atom. The highest BCUT2D eigenvalue weighted by molar-refractivity contribution is 9.10. The molecule has 88 valence electrons. The first-order valence-corrected chi connectivity index (χ1v) is 6.18. The Kier molecular flexibility index (Phi) is 3.86. The van der Waals surface area contributed by atoms with Crippen molar-refractivity contribution in [2.45, 2.75) is 6.54 Å². The van der Waals surface area contributed by atoms with Gasteiger partial charge < -0.3 is 10.3 Å². The van der Waals surface area contributed by atoms with Crippen LogP contribution < -0.4 is 5.32 Å². The van der Waals surface area contributed by atoms with Crippen molar-refractivity contribution in [3.05, 3.63) is 57.3 Å². The van der Waals surface area contributed by atoms with Gasteiger partial charge in [0.15, 0.2) is 0 Å². The van der Waals surface area contributed by atoms with Crippen LogP contribution in [0.4, 0.5) is 0 Å². The van der Waals surface area contributed by atoms with E-state index in [0.717, 1.165) is 10.0 Å². The zero-order valence-corrected chi connectivity index (χ0v) is 11.2. The molecule has 3 nitrogen and oxygen atoms in total. The summed E-state index contributed by atoms with van der Waals surface area (Å²) in [7, 11) is 0. The van der Waals surface area contributed by atoms with Crippen molar-refractivity contribution in [1.82, 2.24) is 10.3 Å². The van der Waals surface area contributed by atoms with Gasteiger partial charge in [-0.1, -0.05) is 27.5 Å². The second-order valence-corrected chi connectivity index (χ2v) is 4.91. The summed E-state index contributed by atoms with van der Waals surface area (Å²) in [6.45, 7) is 0.493. The van der Waals surface area contributed by atoms with Crippen molar-refractivity contribution in [2.24, 2.45) is 0 Å². The molecule has 2 aromatic rings. The van der Waals surface area contributed by atoms with Gasteiger partial charge in [0, 0.05) is 34.0 Å². The number of hydrogen-bond donors (Lipinski definition) is 2. The van der Waals surface area contributed by atoms with Crippen LogP contribution in [0.2, 0.25) is 5.02 Å². The summed E-state index contributed by atoms with van der Waals surface area (Å²) in [4.78, 5) is 14.8. The van der Waals surface area contributed by atoms with Gasteiger partial charge in [0.2, 0.25) is 0 Å².